The molecule has 0 aliphatic carbocycles. The lowest BCUT2D eigenvalue weighted by Crippen LogP contribution is -2.42. The van der Waals surface area contributed by atoms with Crippen molar-refractivity contribution in [3.8, 4) is 0 Å². The van der Waals surface area contributed by atoms with E-state index in [1.165, 1.54) is 5.01 Å². The van der Waals surface area contributed by atoms with Crippen molar-refractivity contribution in [3.05, 3.63) is 66.2 Å². The van der Waals surface area contributed by atoms with Gasteiger partial charge in [-0.1, -0.05) is 36.4 Å². The number of hydrogen-bond donors (Lipinski definition) is 1. The van der Waals surface area contributed by atoms with Crippen LogP contribution < -0.4 is 10.3 Å². The second-order valence-corrected chi connectivity index (χ2v) is 5.34. The quantitative estimate of drug-likeness (QED) is 0.693. The molecule has 120 valence electrons. The normalized spacial score (nSPS) is 16.7. The molecule has 1 aliphatic rings. The number of para-hydroxylation sites is 1. The van der Waals surface area contributed by atoms with Crippen LogP contribution in [0.1, 0.15) is 17.3 Å². The van der Waals surface area contributed by atoms with Gasteiger partial charge in [-0.25, -0.2) is 0 Å². The molecule has 0 saturated carbocycles. The number of benzene rings is 2. The first-order valence-corrected chi connectivity index (χ1v) is 7.42. The van der Waals surface area contributed by atoms with E-state index in [1.807, 2.05) is 6.07 Å². The SMILES string of the molecule is CC1=NN(c2ccccc2)C(=O)C1C(=O)NC(=O)c1ccccc1. The number of amides is 3. The number of nitrogens with zero attached hydrogens (tertiary/aromatic N) is 2. The third kappa shape index (κ3) is 2.94. The van der Waals surface area contributed by atoms with E-state index in [2.05, 4.69) is 10.4 Å². The lowest BCUT2D eigenvalue weighted by molar-refractivity contribution is -0.129. The van der Waals surface area contributed by atoms with Gasteiger partial charge < -0.3 is 0 Å². The Hall–Kier alpha value is -3.28. The number of nitrogens with one attached hydrogen (secondary N) is 1. The molecule has 2 aromatic carbocycles. The Balaban J connectivity index is 1.75. The summed E-state index contributed by atoms with van der Waals surface area (Å²) in [5.41, 5.74) is 1.28. The van der Waals surface area contributed by atoms with Crippen molar-refractivity contribution in [1.82, 2.24) is 5.32 Å². The van der Waals surface area contributed by atoms with Crippen molar-refractivity contribution >= 4 is 29.1 Å². The molecule has 6 heteroatoms. The van der Waals surface area contributed by atoms with E-state index < -0.39 is 23.6 Å². The third-order valence-electron chi connectivity index (χ3n) is 3.67. The molecule has 6 nitrogen and oxygen atoms in total. The fraction of sp³-hybridized carbons (Fsp3) is 0.111. The number of anilines is 1. The summed E-state index contributed by atoms with van der Waals surface area (Å²) in [5.74, 6) is -2.79. The number of carbonyl (C=O) groups excluding carboxylic acids is 3. The molecule has 1 aliphatic heterocycles. The predicted octanol–water partition coefficient (Wildman–Crippen LogP) is 1.98. The molecule has 0 saturated heterocycles. The van der Waals surface area contributed by atoms with E-state index in [0.717, 1.165) is 0 Å². The van der Waals surface area contributed by atoms with E-state index in [4.69, 9.17) is 0 Å². The number of imide groups is 1. The molecule has 1 unspecified atom stereocenters. The Kier molecular flexibility index (Phi) is 4.20. The minimum Gasteiger partial charge on any atom is -0.291 e. The molecule has 1 N–H and O–H groups in total. The van der Waals surface area contributed by atoms with Crippen molar-refractivity contribution < 1.29 is 14.4 Å². The maximum atomic E-state index is 12.5. The first-order valence-electron chi connectivity index (χ1n) is 7.42. The molecule has 0 aromatic heterocycles. The Morgan fingerprint density at radius 1 is 1.00 bits per heavy atom. The Bertz CT molecular complexity index is 816. The summed E-state index contributed by atoms with van der Waals surface area (Å²) >= 11 is 0. The van der Waals surface area contributed by atoms with Crippen LogP contribution in [-0.4, -0.2) is 23.4 Å². The highest BCUT2D eigenvalue weighted by Crippen LogP contribution is 2.23. The van der Waals surface area contributed by atoms with Gasteiger partial charge in [0.1, 0.15) is 0 Å². The van der Waals surface area contributed by atoms with Crippen molar-refractivity contribution in [1.29, 1.82) is 0 Å². The molecule has 0 spiro atoms. The summed E-state index contributed by atoms with van der Waals surface area (Å²) in [6, 6.07) is 17.2. The highest BCUT2D eigenvalue weighted by atomic mass is 16.2. The number of carbonyl (C=O) groups is 3. The van der Waals surface area contributed by atoms with E-state index in [9.17, 15) is 14.4 Å². The standard InChI is InChI=1S/C18H15N3O3/c1-12-15(17(23)19-16(22)13-8-4-2-5-9-13)18(24)21(20-12)14-10-6-3-7-11-14/h2-11,15H,1H3,(H,19,22,23). The highest BCUT2D eigenvalue weighted by Gasteiger charge is 2.40. The summed E-state index contributed by atoms with van der Waals surface area (Å²) in [6.07, 6.45) is 0. The Labute approximate surface area is 138 Å². The first-order chi connectivity index (χ1) is 11.6. The molecule has 0 radical (unpaired) electrons. The molecule has 1 atom stereocenters. The van der Waals surface area contributed by atoms with Crippen LogP contribution in [0, 0.1) is 5.92 Å². The predicted molar refractivity (Wildman–Crippen MR) is 89.4 cm³/mol. The van der Waals surface area contributed by atoms with Gasteiger partial charge >= 0.3 is 0 Å². The van der Waals surface area contributed by atoms with Gasteiger partial charge in [0.25, 0.3) is 11.8 Å². The van der Waals surface area contributed by atoms with Gasteiger partial charge in [0.15, 0.2) is 5.92 Å². The van der Waals surface area contributed by atoms with Crippen molar-refractivity contribution in [2.24, 2.45) is 11.0 Å². The second-order valence-electron chi connectivity index (χ2n) is 5.34. The van der Waals surface area contributed by atoms with E-state index in [0.29, 0.717) is 17.0 Å². The van der Waals surface area contributed by atoms with Gasteiger partial charge in [0.2, 0.25) is 5.91 Å². The summed E-state index contributed by atoms with van der Waals surface area (Å²) in [5, 5.41) is 7.60. The zero-order chi connectivity index (χ0) is 17.1. The van der Waals surface area contributed by atoms with E-state index in [-0.39, 0.29) is 0 Å². The molecule has 2 aromatic rings. The molecule has 0 fully saturated rings. The van der Waals surface area contributed by atoms with Gasteiger partial charge in [-0.15, -0.1) is 0 Å². The maximum absolute atomic E-state index is 12.5. The van der Waals surface area contributed by atoms with Crippen molar-refractivity contribution in [2.45, 2.75) is 6.92 Å². The minimum absolute atomic E-state index is 0.349. The Morgan fingerprint density at radius 2 is 1.58 bits per heavy atom. The lowest BCUT2D eigenvalue weighted by Gasteiger charge is -2.14. The van der Waals surface area contributed by atoms with Crippen LogP contribution in [0.25, 0.3) is 0 Å². The van der Waals surface area contributed by atoms with Crippen molar-refractivity contribution in [3.63, 3.8) is 0 Å². The van der Waals surface area contributed by atoms with Crippen LogP contribution in [0.2, 0.25) is 0 Å². The summed E-state index contributed by atoms with van der Waals surface area (Å²) < 4.78 is 0. The summed E-state index contributed by atoms with van der Waals surface area (Å²) in [7, 11) is 0. The minimum atomic E-state index is -1.10. The van der Waals surface area contributed by atoms with Crippen LogP contribution in [0.3, 0.4) is 0 Å². The van der Waals surface area contributed by atoms with Gasteiger partial charge in [0.05, 0.1) is 11.4 Å². The lowest BCUT2D eigenvalue weighted by atomic mass is 10.0. The van der Waals surface area contributed by atoms with Gasteiger partial charge in [0, 0.05) is 5.56 Å². The van der Waals surface area contributed by atoms with Gasteiger partial charge in [-0.05, 0) is 31.2 Å². The summed E-state index contributed by atoms with van der Waals surface area (Å²) in [4.78, 5) is 37.0. The fourth-order valence-electron chi connectivity index (χ4n) is 2.47. The average Bonchev–Trinajstić information content (AvgIpc) is 2.91. The number of hydrogen-bond acceptors (Lipinski definition) is 4. The molecule has 24 heavy (non-hydrogen) atoms. The van der Waals surface area contributed by atoms with Crippen LogP contribution >= 0.6 is 0 Å². The summed E-state index contributed by atoms with van der Waals surface area (Å²) in [6.45, 7) is 1.60. The van der Waals surface area contributed by atoms with E-state index >= 15 is 0 Å². The topological polar surface area (TPSA) is 78.8 Å². The average molecular weight is 321 g/mol. The third-order valence-corrected chi connectivity index (χ3v) is 3.67. The molecule has 3 rings (SSSR count). The van der Waals surface area contributed by atoms with Crippen LogP contribution in [-0.2, 0) is 9.59 Å². The first kappa shape index (κ1) is 15.6. The van der Waals surface area contributed by atoms with Crippen LogP contribution in [0.5, 0.6) is 0 Å². The fourth-order valence-corrected chi connectivity index (χ4v) is 2.47. The molecule has 1 heterocycles. The van der Waals surface area contributed by atoms with E-state index in [1.54, 1.807) is 61.5 Å². The van der Waals surface area contributed by atoms with Gasteiger partial charge in [-0.2, -0.15) is 10.1 Å². The zero-order valence-electron chi connectivity index (χ0n) is 13.0. The Morgan fingerprint density at radius 3 is 2.21 bits per heavy atom. The maximum Gasteiger partial charge on any atom is 0.265 e. The van der Waals surface area contributed by atoms with Crippen LogP contribution in [0.4, 0.5) is 5.69 Å². The van der Waals surface area contributed by atoms with Gasteiger partial charge in [-0.3, -0.25) is 19.7 Å². The smallest absolute Gasteiger partial charge is 0.265 e. The largest absolute Gasteiger partial charge is 0.291 e. The molecule has 3 amide bonds. The molecular weight excluding hydrogens is 306 g/mol. The molecule has 0 bridgehead atoms. The highest BCUT2D eigenvalue weighted by molar-refractivity contribution is 6.28. The number of hydrazone groups is 1. The molecular formula is C18H15N3O3. The van der Waals surface area contributed by atoms with Crippen LogP contribution in [0.15, 0.2) is 65.8 Å². The monoisotopic (exact) mass is 321 g/mol. The second kappa shape index (κ2) is 6.45. The zero-order valence-corrected chi connectivity index (χ0v) is 13.0. The number of rotatable bonds is 3. The van der Waals surface area contributed by atoms with Crippen molar-refractivity contribution in [2.75, 3.05) is 5.01 Å².